The summed E-state index contributed by atoms with van der Waals surface area (Å²) in [6.45, 7) is 4.39. The van der Waals surface area contributed by atoms with Gasteiger partial charge in [-0.2, -0.15) is 5.10 Å². The van der Waals surface area contributed by atoms with Crippen molar-refractivity contribution in [1.29, 1.82) is 0 Å². The lowest BCUT2D eigenvalue weighted by molar-refractivity contribution is -0.121. The lowest BCUT2D eigenvalue weighted by atomic mass is 10.2. The lowest BCUT2D eigenvalue weighted by Crippen LogP contribution is -2.34. The highest BCUT2D eigenvalue weighted by Crippen LogP contribution is 2.16. The Labute approximate surface area is 121 Å². The van der Waals surface area contributed by atoms with E-state index in [0.717, 1.165) is 4.68 Å². The van der Waals surface area contributed by atoms with Crippen molar-refractivity contribution in [3.05, 3.63) is 21.8 Å². The van der Waals surface area contributed by atoms with E-state index in [1.807, 2.05) is 0 Å². The highest BCUT2D eigenvalue weighted by atomic mass is 16.5. The Balaban J connectivity index is 2.14. The molecule has 2 aromatic heterocycles. The average molecular weight is 294 g/mol. The molecule has 2 aromatic rings. The summed E-state index contributed by atoms with van der Waals surface area (Å²) in [7, 11) is 1.60. The summed E-state index contributed by atoms with van der Waals surface area (Å²) in [4.78, 5) is 24.0. The lowest BCUT2D eigenvalue weighted by Gasteiger charge is -2.07. The fraction of sp³-hybridized carbons (Fsp3) is 0.538. The van der Waals surface area contributed by atoms with Crippen LogP contribution in [0, 0.1) is 13.8 Å². The third kappa shape index (κ3) is 3.27. The van der Waals surface area contributed by atoms with Crippen molar-refractivity contribution in [1.82, 2.24) is 20.3 Å². The van der Waals surface area contributed by atoms with Gasteiger partial charge in [0.25, 0.3) is 5.56 Å². The van der Waals surface area contributed by atoms with E-state index >= 15 is 0 Å². The molecule has 0 aliphatic heterocycles. The minimum Gasteiger partial charge on any atom is -0.385 e. The predicted octanol–water partition coefficient (Wildman–Crippen LogP) is 0.154. The number of aromatic nitrogens is 3. The van der Waals surface area contributed by atoms with Crippen molar-refractivity contribution in [2.45, 2.75) is 26.8 Å². The topological polar surface area (TPSA) is 99.2 Å². The van der Waals surface area contributed by atoms with Gasteiger partial charge in [-0.3, -0.25) is 9.59 Å². The molecule has 2 rings (SSSR count). The minimum absolute atomic E-state index is 0.144. The molecule has 0 fully saturated rings. The molecule has 2 heterocycles. The Hall–Kier alpha value is -2.22. The second kappa shape index (κ2) is 6.49. The molecule has 0 radical (unpaired) electrons. The largest absolute Gasteiger partial charge is 0.385 e. The van der Waals surface area contributed by atoms with Crippen LogP contribution in [0.4, 0.5) is 0 Å². The molecule has 1 N–H and O–H groups in total. The summed E-state index contributed by atoms with van der Waals surface area (Å²) in [5.74, 6) is 0.267. The van der Waals surface area contributed by atoms with Crippen LogP contribution in [-0.2, 0) is 16.1 Å². The molecule has 114 valence electrons. The fourth-order valence-corrected chi connectivity index (χ4v) is 2.09. The molecule has 0 spiro atoms. The Morgan fingerprint density at radius 1 is 1.43 bits per heavy atom. The Morgan fingerprint density at radius 2 is 2.19 bits per heavy atom. The first-order valence-corrected chi connectivity index (χ1v) is 6.64. The van der Waals surface area contributed by atoms with Gasteiger partial charge in [-0.1, -0.05) is 5.16 Å². The van der Waals surface area contributed by atoms with Crippen molar-refractivity contribution in [2.75, 3.05) is 20.3 Å². The number of methoxy groups -OCH3 is 1. The Morgan fingerprint density at radius 3 is 2.90 bits per heavy atom. The van der Waals surface area contributed by atoms with Gasteiger partial charge in [0.1, 0.15) is 12.3 Å². The second-order valence-electron chi connectivity index (χ2n) is 4.71. The molecule has 0 saturated heterocycles. The summed E-state index contributed by atoms with van der Waals surface area (Å²) >= 11 is 0. The Kier molecular flexibility index (Phi) is 4.69. The zero-order chi connectivity index (χ0) is 15.4. The normalized spacial score (nSPS) is 11.0. The smallest absolute Gasteiger partial charge is 0.297 e. The number of fused-ring (bicyclic) bond motifs is 1. The molecule has 0 atom stereocenters. The molecule has 1 amide bonds. The SMILES string of the molecule is COCCCNC(=O)Cn1nc(C)c2c(C)onc2c1=O. The molecule has 0 saturated carbocycles. The highest BCUT2D eigenvalue weighted by molar-refractivity contribution is 5.82. The van der Waals surface area contributed by atoms with E-state index in [1.54, 1.807) is 21.0 Å². The van der Waals surface area contributed by atoms with Crippen molar-refractivity contribution < 1.29 is 14.1 Å². The third-order valence-corrected chi connectivity index (χ3v) is 3.07. The van der Waals surface area contributed by atoms with Gasteiger partial charge in [0, 0.05) is 20.3 Å². The van der Waals surface area contributed by atoms with Crippen LogP contribution in [0.25, 0.3) is 10.9 Å². The van der Waals surface area contributed by atoms with E-state index in [0.29, 0.717) is 36.4 Å². The van der Waals surface area contributed by atoms with Crippen LogP contribution in [-0.4, -0.2) is 41.1 Å². The molecule has 0 aliphatic rings. The van der Waals surface area contributed by atoms with Gasteiger partial charge in [-0.25, -0.2) is 4.68 Å². The summed E-state index contributed by atoms with van der Waals surface area (Å²) in [6.07, 6.45) is 0.713. The van der Waals surface area contributed by atoms with Crippen LogP contribution in [0.5, 0.6) is 0 Å². The van der Waals surface area contributed by atoms with Crippen LogP contribution in [0.2, 0.25) is 0 Å². The van der Waals surface area contributed by atoms with E-state index < -0.39 is 5.56 Å². The number of hydrogen-bond acceptors (Lipinski definition) is 6. The van der Waals surface area contributed by atoms with E-state index in [4.69, 9.17) is 9.26 Å². The summed E-state index contributed by atoms with van der Waals surface area (Å²) in [5, 5.41) is 11.2. The van der Waals surface area contributed by atoms with Gasteiger partial charge in [-0.05, 0) is 20.3 Å². The van der Waals surface area contributed by atoms with Gasteiger partial charge >= 0.3 is 0 Å². The van der Waals surface area contributed by atoms with Crippen molar-refractivity contribution >= 4 is 16.8 Å². The van der Waals surface area contributed by atoms with Crippen molar-refractivity contribution in [3.8, 4) is 0 Å². The van der Waals surface area contributed by atoms with Gasteiger partial charge < -0.3 is 14.6 Å². The van der Waals surface area contributed by atoms with Crippen LogP contribution >= 0.6 is 0 Å². The molecular formula is C13H18N4O4. The maximum absolute atomic E-state index is 12.2. The average Bonchev–Trinajstić information content (AvgIpc) is 2.83. The number of ether oxygens (including phenoxy) is 1. The van der Waals surface area contributed by atoms with Gasteiger partial charge in [0.2, 0.25) is 5.91 Å². The predicted molar refractivity (Wildman–Crippen MR) is 75.0 cm³/mol. The van der Waals surface area contributed by atoms with E-state index in [9.17, 15) is 9.59 Å². The maximum atomic E-state index is 12.2. The third-order valence-electron chi connectivity index (χ3n) is 3.07. The summed E-state index contributed by atoms with van der Waals surface area (Å²) < 4.78 is 11.0. The monoisotopic (exact) mass is 294 g/mol. The standard InChI is InChI=1S/C13H18N4O4/c1-8-11-9(2)21-16-12(11)13(19)17(15-8)7-10(18)14-5-4-6-20-3/h4-7H2,1-3H3,(H,14,18). The fourth-order valence-electron chi connectivity index (χ4n) is 2.09. The van der Waals surface area contributed by atoms with Gasteiger partial charge in [0.05, 0.1) is 11.1 Å². The van der Waals surface area contributed by atoms with Crippen LogP contribution in [0.15, 0.2) is 9.32 Å². The highest BCUT2D eigenvalue weighted by Gasteiger charge is 2.16. The number of nitrogens with zero attached hydrogens (tertiary/aromatic N) is 3. The number of carbonyl (C=O) groups excluding carboxylic acids is 1. The zero-order valence-corrected chi connectivity index (χ0v) is 12.3. The number of carbonyl (C=O) groups is 1. The van der Waals surface area contributed by atoms with E-state index in [2.05, 4.69) is 15.6 Å². The molecule has 8 heteroatoms. The number of aryl methyl sites for hydroxylation is 2. The Bertz CT molecular complexity index is 704. The molecular weight excluding hydrogens is 276 g/mol. The van der Waals surface area contributed by atoms with Crippen LogP contribution in [0.1, 0.15) is 17.9 Å². The van der Waals surface area contributed by atoms with Gasteiger partial charge in [0.15, 0.2) is 5.52 Å². The van der Waals surface area contributed by atoms with Crippen molar-refractivity contribution in [2.24, 2.45) is 0 Å². The van der Waals surface area contributed by atoms with E-state index in [-0.39, 0.29) is 18.0 Å². The molecule has 0 bridgehead atoms. The van der Waals surface area contributed by atoms with E-state index in [1.165, 1.54) is 0 Å². The second-order valence-corrected chi connectivity index (χ2v) is 4.71. The first-order chi connectivity index (χ1) is 10.0. The minimum atomic E-state index is -0.431. The molecule has 8 nitrogen and oxygen atoms in total. The summed E-state index contributed by atoms with van der Waals surface area (Å²) in [5.41, 5.74) is 0.377. The van der Waals surface area contributed by atoms with Crippen LogP contribution < -0.4 is 10.9 Å². The first-order valence-electron chi connectivity index (χ1n) is 6.64. The number of rotatable bonds is 6. The molecule has 0 unspecified atom stereocenters. The zero-order valence-electron chi connectivity index (χ0n) is 12.3. The molecule has 21 heavy (non-hydrogen) atoms. The number of amides is 1. The van der Waals surface area contributed by atoms with Gasteiger partial charge in [-0.15, -0.1) is 0 Å². The number of hydrogen-bond donors (Lipinski definition) is 1. The first kappa shape index (κ1) is 15.2. The van der Waals surface area contributed by atoms with Crippen molar-refractivity contribution in [3.63, 3.8) is 0 Å². The maximum Gasteiger partial charge on any atom is 0.297 e. The molecule has 0 aliphatic carbocycles. The van der Waals surface area contributed by atoms with Crippen LogP contribution in [0.3, 0.4) is 0 Å². The summed E-state index contributed by atoms with van der Waals surface area (Å²) in [6, 6.07) is 0. The molecule has 0 aromatic carbocycles. The number of nitrogens with one attached hydrogen (secondary N) is 1. The quantitative estimate of drug-likeness (QED) is 0.762.